The standard InChI is InChI=1S/C16H22N4O2/c21-14-9-2-1-5-11(14)6-4-10-17-16(22)12-7-3-8-13-15(12)19-20-18-13/h3,7-8,11,14,21H,1-2,4-6,9-10H2,(H,17,22)(H,18,19,20)/t11-,14-/m0/s1. The molecule has 6 heteroatoms. The first-order chi connectivity index (χ1) is 10.8. The average Bonchev–Trinajstić information content (AvgIpc) is 3.01. The quantitative estimate of drug-likeness (QED) is 0.737. The van der Waals surface area contributed by atoms with Crippen molar-refractivity contribution in [1.82, 2.24) is 20.7 Å². The smallest absolute Gasteiger partial charge is 0.253 e. The molecule has 3 N–H and O–H groups in total. The summed E-state index contributed by atoms with van der Waals surface area (Å²) < 4.78 is 0. The predicted octanol–water partition coefficient (Wildman–Crippen LogP) is 2.02. The van der Waals surface area contributed by atoms with Gasteiger partial charge in [-0.2, -0.15) is 15.4 Å². The molecule has 118 valence electrons. The number of amides is 1. The summed E-state index contributed by atoms with van der Waals surface area (Å²) in [5.41, 5.74) is 1.84. The summed E-state index contributed by atoms with van der Waals surface area (Å²) in [7, 11) is 0. The Morgan fingerprint density at radius 2 is 2.18 bits per heavy atom. The van der Waals surface area contributed by atoms with Gasteiger partial charge >= 0.3 is 0 Å². The van der Waals surface area contributed by atoms with Gasteiger partial charge in [0.1, 0.15) is 11.0 Å². The summed E-state index contributed by atoms with van der Waals surface area (Å²) >= 11 is 0. The van der Waals surface area contributed by atoms with Crippen molar-refractivity contribution in [2.75, 3.05) is 6.54 Å². The Balaban J connectivity index is 1.49. The van der Waals surface area contributed by atoms with Crippen LogP contribution in [-0.4, -0.2) is 39.1 Å². The van der Waals surface area contributed by atoms with E-state index < -0.39 is 0 Å². The van der Waals surface area contributed by atoms with Crippen LogP contribution in [0.1, 0.15) is 48.9 Å². The molecular formula is C16H22N4O2. The zero-order valence-corrected chi connectivity index (χ0v) is 12.6. The number of hydrogen-bond donors (Lipinski definition) is 3. The van der Waals surface area contributed by atoms with E-state index in [0.29, 0.717) is 29.1 Å². The van der Waals surface area contributed by atoms with Crippen molar-refractivity contribution in [1.29, 1.82) is 0 Å². The van der Waals surface area contributed by atoms with Crippen molar-refractivity contribution in [2.45, 2.75) is 44.6 Å². The third-order valence-electron chi connectivity index (χ3n) is 4.50. The Labute approximate surface area is 129 Å². The minimum Gasteiger partial charge on any atom is -0.393 e. The van der Waals surface area contributed by atoms with Crippen LogP contribution in [-0.2, 0) is 0 Å². The van der Waals surface area contributed by atoms with Gasteiger partial charge in [-0.25, -0.2) is 0 Å². The molecule has 1 aromatic heterocycles. The van der Waals surface area contributed by atoms with Crippen molar-refractivity contribution in [3.05, 3.63) is 23.8 Å². The zero-order valence-electron chi connectivity index (χ0n) is 12.6. The largest absolute Gasteiger partial charge is 0.393 e. The SMILES string of the molecule is O=C(NCCC[C@@H]1CCCC[C@@H]1O)c1cccc2n[nH]nc12. The number of benzene rings is 1. The van der Waals surface area contributed by atoms with Gasteiger partial charge in [-0.3, -0.25) is 4.79 Å². The molecule has 0 bridgehead atoms. The first-order valence-corrected chi connectivity index (χ1v) is 8.01. The lowest BCUT2D eigenvalue weighted by Gasteiger charge is -2.27. The number of aromatic amines is 1. The number of nitrogens with zero attached hydrogens (tertiary/aromatic N) is 2. The summed E-state index contributed by atoms with van der Waals surface area (Å²) in [5, 5.41) is 23.4. The van der Waals surface area contributed by atoms with E-state index in [2.05, 4.69) is 20.7 Å². The zero-order chi connectivity index (χ0) is 15.4. The number of aliphatic hydroxyl groups is 1. The van der Waals surface area contributed by atoms with E-state index in [4.69, 9.17) is 0 Å². The summed E-state index contributed by atoms with van der Waals surface area (Å²) in [6.07, 6.45) is 6.07. The maximum Gasteiger partial charge on any atom is 0.253 e. The van der Waals surface area contributed by atoms with Crippen molar-refractivity contribution < 1.29 is 9.90 Å². The molecule has 1 amide bonds. The predicted molar refractivity (Wildman–Crippen MR) is 83.4 cm³/mol. The summed E-state index contributed by atoms with van der Waals surface area (Å²) in [6.45, 7) is 0.621. The number of aromatic nitrogens is 3. The Hall–Kier alpha value is -1.95. The van der Waals surface area contributed by atoms with Crippen molar-refractivity contribution in [2.24, 2.45) is 5.92 Å². The number of hydrogen-bond acceptors (Lipinski definition) is 4. The third kappa shape index (κ3) is 3.27. The molecule has 1 heterocycles. The second-order valence-corrected chi connectivity index (χ2v) is 6.01. The molecule has 0 aliphatic heterocycles. The molecule has 1 aromatic carbocycles. The summed E-state index contributed by atoms with van der Waals surface area (Å²) in [6, 6.07) is 5.38. The Bertz CT molecular complexity index is 640. The van der Waals surface area contributed by atoms with Crippen molar-refractivity contribution in [3.63, 3.8) is 0 Å². The van der Waals surface area contributed by atoms with Gasteiger partial charge in [-0.05, 0) is 43.7 Å². The van der Waals surface area contributed by atoms with E-state index in [1.54, 1.807) is 12.1 Å². The molecule has 0 saturated heterocycles. The van der Waals surface area contributed by atoms with E-state index >= 15 is 0 Å². The van der Waals surface area contributed by atoms with Gasteiger partial charge in [0.25, 0.3) is 5.91 Å². The van der Waals surface area contributed by atoms with Crippen molar-refractivity contribution in [3.8, 4) is 0 Å². The second-order valence-electron chi connectivity index (χ2n) is 6.01. The molecule has 22 heavy (non-hydrogen) atoms. The highest BCUT2D eigenvalue weighted by Gasteiger charge is 2.22. The lowest BCUT2D eigenvalue weighted by atomic mass is 9.83. The Kier molecular flexibility index (Phi) is 4.68. The van der Waals surface area contributed by atoms with Crippen LogP contribution < -0.4 is 5.32 Å². The highest BCUT2D eigenvalue weighted by Crippen LogP contribution is 2.27. The minimum absolute atomic E-state index is 0.122. The maximum absolute atomic E-state index is 12.2. The number of carbonyl (C=O) groups is 1. The minimum atomic E-state index is -0.159. The van der Waals surface area contributed by atoms with Crippen LogP contribution in [0.5, 0.6) is 0 Å². The summed E-state index contributed by atoms with van der Waals surface area (Å²) in [5.74, 6) is 0.272. The number of H-pyrrole nitrogens is 1. The normalized spacial score (nSPS) is 21.9. The monoisotopic (exact) mass is 302 g/mol. The molecule has 1 aliphatic carbocycles. The van der Waals surface area contributed by atoms with Crippen LogP contribution in [0, 0.1) is 5.92 Å². The number of carbonyl (C=O) groups excluding carboxylic acids is 1. The van der Waals surface area contributed by atoms with E-state index in [9.17, 15) is 9.90 Å². The van der Waals surface area contributed by atoms with E-state index in [1.165, 1.54) is 6.42 Å². The number of fused-ring (bicyclic) bond motifs is 1. The van der Waals surface area contributed by atoms with Crippen LogP contribution >= 0.6 is 0 Å². The second kappa shape index (κ2) is 6.87. The first kappa shape index (κ1) is 15.0. The molecule has 2 atom stereocenters. The summed E-state index contributed by atoms with van der Waals surface area (Å²) in [4.78, 5) is 12.2. The van der Waals surface area contributed by atoms with Crippen LogP contribution in [0.25, 0.3) is 11.0 Å². The van der Waals surface area contributed by atoms with Gasteiger partial charge in [-0.15, -0.1) is 0 Å². The highest BCUT2D eigenvalue weighted by atomic mass is 16.3. The van der Waals surface area contributed by atoms with E-state index in [0.717, 1.165) is 32.1 Å². The Morgan fingerprint density at radius 1 is 1.32 bits per heavy atom. The number of rotatable bonds is 5. The molecule has 3 rings (SSSR count). The molecule has 1 saturated carbocycles. The molecule has 2 aromatic rings. The molecule has 0 radical (unpaired) electrons. The van der Waals surface area contributed by atoms with Crippen LogP contribution in [0.4, 0.5) is 0 Å². The first-order valence-electron chi connectivity index (χ1n) is 8.01. The molecule has 6 nitrogen and oxygen atoms in total. The van der Waals surface area contributed by atoms with Gasteiger partial charge in [-0.1, -0.05) is 18.9 Å². The lowest BCUT2D eigenvalue weighted by Crippen LogP contribution is -2.28. The molecule has 0 spiro atoms. The average molecular weight is 302 g/mol. The highest BCUT2D eigenvalue weighted by molar-refractivity contribution is 6.04. The Morgan fingerprint density at radius 3 is 3.05 bits per heavy atom. The van der Waals surface area contributed by atoms with Crippen molar-refractivity contribution >= 4 is 16.9 Å². The maximum atomic E-state index is 12.2. The fraction of sp³-hybridized carbons (Fsp3) is 0.562. The van der Waals surface area contributed by atoms with Gasteiger partial charge in [0, 0.05) is 6.54 Å². The molecule has 1 aliphatic rings. The molecule has 1 fully saturated rings. The topological polar surface area (TPSA) is 90.9 Å². The van der Waals surface area contributed by atoms with Gasteiger partial charge < -0.3 is 10.4 Å². The fourth-order valence-corrected chi connectivity index (χ4v) is 3.24. The molecular weight excluding hydrogens is 280 g/mol. The van der Waals surface area contributed by atoms with Crippen LogP contribution in [0.2, 0.25) is 0 Å². The number of aliphatic hydroxyl groups excluding tert-OH is 1. The molecule has 0 unspecified atom stereocenters. The van der Waals surface area contributed by atoms with Crippen LogP contribution in [0.15, 0.2) is 18.2 Å². The van der Waals surface area contributed by atoms with E-state index in [-0.39, 0.29) is 12.0 Å². The number of para-hydroxylation sites is 1. The van der Waals surface area contributed by atoms with Gasteiger partial charge in [0.2, 0.25) is 0 Å². The van der Waals surface area contributed by atoms with Gasteiger partial charge in [0.05, 0.1) is 11.7 Å². The van der Waals surface area contributed by atoms with E-state index in [1.807, 2.05) is 6.07 Å². The van der Waals surface area contributed by atoms with Gasteiger partial charge in [0.15, 0.2) is 0 Å². The third-order valence-corrected chi connectivity index (χ3v) is 4.50. The lowest BCUT2D eigenvalue weighted by molar-refractivity contribution is 0.0641. The van der Waals surface area contributed by atoms with Crippen LogP contribution in [0.3, 0.4) is 0 Å². The fourth-order valence-electron chi connectivity index (χ4n) is 3.24. The number of nitrogens with one attached hydrogen (secondary N) is 2.